The summed E-state index contributed by atoms with van der Waals surface area (Å²) in [4.78, 5) is 0. The number of allylic oxidation sites excluding steroid dienone is 2. The first-order chi connectivity index (χ1) is 6.85. The van der Waals surface area contributed by atoms with Crippen molar-refractivity contribution in [2.75, 3.05) is 17.6 Å². The van der Waals surface area contributed by atoms with Gasteiger partial charge in [-0.05, 0) is 26.7 Å². The van der Waals surface area contributed by atoms with E-state index in [4.69, 9.17) is 9.47 Å². The maximum atomic E-state index is 5.43. The predicted molar refractivity (Wildman–Crippen MR) is 68.9 cm³/mol. The first-order valence-corrected chi connectivity index (χ1v) is 6.81. The molecule has 0 bridgehead atoms. The fraction of sp³-hybridized carbons (Fsp3) is 0.818. The first kappa shape index (κ1) is 14.4. The van der Waals surface area contributed by atoms with Gasteiger partial charge in [-0.1, -0.05) is 34.7 Å². The summed E-state index contributed by atoms with van der Waals surface area (Å²) in [6, 6.07) is 0. The molecule has 84 valence electrons. The fourth-order valence-electron chi connectivity index (χ4n) is 1.12. The van der Waals surface area contributed by atoms with Crippen LogP contribution in [0.2, 0.25) is 0 Å². The van der Waals surface area contributed by atoms with E-state index in [1.54, 1.807) is 0 Å². The van der Waals surface area contributed by atoms with Gasteiger partial charge in [-0.3, -0.25) is 0 Å². The number of alkyl halides is 1. The van der Waals surface area contributed by atoms with Crippen molar-refractivity contribution < 1.29 is 9.47 Å². The maximum absolute atomic E-state index is 5.43. The smallest absolute Gasteiger partial charge is 0.157 e. The molecule has 0 N–H and O–H groups in total. The van der Waals surface area contributed by atoms with Gasteiger partial charge < -0.3 is 9.47 Å². The summed E-state index contributed by atoms with van der Waals surface area (Å²) in [5.41, 5.74) is 0. The number of hydrogen-bond donors (Lipinski definition) is 0. The van der Waals surface area contributed by atoms with Crippen LogP contribution in [-0.4, -0.2) is 23.9 Å². The molecular formula is C11H21IO2. The first-order valence-electron chi connectivity index (χ1n) is 5.29. The molecule has 0 saturated heterocycles. The van der Waals surface area contributed by atoms with Crippen LogP contribution in [-0.2, 0) is 9.47 Å². The van der Waals surface area contributed by atoms with Crippen LogP contribution in [0.3, 0.4) is 0 Å². The van der Waals surface area contributed by atoms with Gasteiger partial charge in [0.05, 0.1) is 0 Å². The zero-order valence-corrected chi connectivity index (χ0v) is 11.3. The van der Waals surface area contributed by atoms with Crippen LogP contribution >= 0.6 is 22.6 Å². The number of ether oxygens (including phenoxy) is 2. The summed E-state index contributed by atoms with van der Waals surface area (Å²) in [6.07, 6.45) is 7.58. The van der Waals surface area contributed by atoms with Gasteiger partial charge >= 0.3 is 0 Å². The molecule has 2 nitrogen and oxygen atoms in total. The van der Waals surface area contributed by atoms with E-state index in [0.717, 1.165) is 32.5 Å². The lowest BCUT2D eigenvalue weighted by molar-refractivity contribution is -0.138. The van der Waals surface area contributed by atoms with Crippen molar-refractivity contribution >= 4 is 22.6 Å². The van der Waals surface area contributed by atoms with Gasteiger partial charge in [0.1, 0.15) is 0 Å². The van der Waals surface area contributed by atoms with Gasteiger partial charge in [-0.2, -0.15) is 0 Å². The lowest BCUT2D eigenvalue weighted by atomic mass is 10.2. The molecular weight excluding hydrogens is 291 g/mol. The van der Waals surface area contributed by atoms with Gasteiger partial charge in [0.25, 0.3) is 0 Å². The van der Waals surface area contributed by atoms with Crippen molar-refractivity contribution in [3.05, 3.63) is 12.2 Å². The molecule has 0 aromatic rings. The SMILES string of the molecule is CCOC(CC/C=C/CCI)OCC. The van der Waals surface area contributed by atoms with Crippen LogP contribution in [0.4, 0.5) is 0 Å². The highest BCUT2D eigenvalue weighted by molar-refractivity contribution is 14.1. The molecule has 0 aliphatic heterocycles. The Kier molecular flexibility index (Phi) is 11.8. The second-order valence-electron chi connectivity index (χ2n) is 2.87. The van der Waals surface area contributed by atoms with Gasteiger partial charge in [-0.25, -0.2) is 0 Å². The molecule has 0 aromatic carbocycles. The van der Waals surface area contributed by atoms with Crippen LogP contribution in [0.1, 0.15) is 33.1 Å². The van der Waals surface area contributed by atoms with Crippen LogP contribution in [0, 0.1) is 0 Å². The molecule has 0 aromatic heterocycles. The van der Waals surface area contributed by atoms with E-state index >= 15 is 0 Å². The van der Waals surface area contributed by atoms with E-state index in [2.05, 4.69) is 34.7 Å². The van der Waals surface area contributed by atoms with E-state index in [1.807, 2.05) is 13.8 Å². The number of hydrogen-bond acceptors (Lipinski definition) is 2. The molecule has 0 spiro atoms. The molecule has 0 unspecified atom stereocenters. The molecule has 14 heavy (non-hydrogen) atoms. The van der Waals surface area contributed by atoms with Crippen LogP contribution in [0.25, 0.3) is 0 Å². The van der Waals surface area contributed by atoms with Gasteiger partial charge in [0.2, 0.25) is 0 Å². The minimum atomic E-state index is -0.0192. The summed E-state index contributed by atoms with van der Waals surface area (Å²) in [6.45, 7) is 5.44. The Bertz CT molecular complexity index is 131. The minimum absolute atomic E-state index is 0.0192. The second kappa shape index (κ2) is 11.5. The molecule has 0 radical (unpaired) electrons. The monoisotopic (exact) mass is 312 g/mol. The average molecular weight is 312 g/mol. The average Bonchev–Trinajstić information content (AvgIpc) is 2.18. The van der Waals surface area contributed by atoms with E-state index in [-0.39, 0.29) is 6.29 Å². The van der Waals surface area contributed by atoms with Crippen molar-refractivity contribution in [1.82, 2.24) is 0 Å². The Morgan fingerprint density at radius 2 is 1.64 bits per heavy atom. The van der Waals surface area contributed by atoms with Crippen molar-refractivity contribution in [1.29, 1.82) is 0 Å². The third kappa shape index (κ3) is 8.97. The van der Waals surface area contributed by atoms with Gasteiger partial charge in [0, 0.05) is 24.1 Å². The zero-order chi connectivity index (χ0) is 10.6. The second-order valence-corrected chi connectivity index (χ2v) is 3.95. The Morgan fingerprint density at radius 3 is 2.14 bits per heavy atom. The van der Waals surface area contributed by atoms with E-state index in [0.29, 0.717) is 0 Å². The van der Waals surface area contributed by atoms with E-state index in [1.165, 1.54) is 4.43 Å². The molecule has 0 heterocycles. The maximum Gasteiger partial charge on any atom is 0.157 e. The van der Waals surface area contributed by atoms with Crippen molar-refractivity contribution in [3.63, 3.8) is 0 Å². The summed E-state index contributed by atoms with van der Waals surface area (Å²) in [5, 5.41) is 0. The Hall–Kier alpha value is 0.390. The highest BCUT2D eigenvalue weighted by atomic mass is 127. The highest BCUT2D eigenvalue weighted by Gasteiger charge is 2.05. The van der Waals surface area contributed by atoms with Crippen molar-refractivity contribution in [3.8, 4) is 0 Å². The Balaban J connectivity index is 3.48. The third-order valence-corrected chi connectivity index (χ3v) is 2.34. The molecule has 0 amide bonds. The van der Waals surface area contributed by atoms with Crippen molar-refractivity contribution in [2.45, 2.75) is 39.4 Å². The predicted octanol–water partition coefficient (Wildman–Crippen LogP) is 3.55. The molecule has 0 aliphatic carbocycles. The van der Waals surface area contributed by atoms with Gasteiger partial charge in [0.15, 0.2) is 6.29 Å². The third-order valence-electron chi connectivity index (χ3n) is 1.72. The number of halogens is 1. The fourth-order valence-corrected chi connectivity index (χ4v) is 1.48. The summed E-state index contributed by atoms with van der Waals surface area (Å²) in [7, 11) is 0. The lowest BCUT2D eigenvalue weighted by Gasteiger charge is -2.15. The zero-order valence-electron chi connectivity index (χ0n) is 9.17. The molecule has 0 saturated carbocycles. The van der Waals surface area contributed by atoms with E-state index < -0.39 is 0 Å². The molecule has 0 rings (SSSR count). The van der Waals surface area contributed by atoms with Crippen LogP contribution in [0.5, 0.6) is 0 Å². The summed E-state index contributed by atoms with van der Waals surface area (Å²) >= 11 is 2.38. The lowest BCUT2D eigenvalue weighted by Crippen LogP contribution is -2.16. The van der Waals surface area contributed by atoms with E-state index in [9.17, 15) is 0 Å². The standard InChI is InChI=1S/C11H21IO2/c1-3-13-11(14-4-2)9-7-5-6-8-10-12/h5-6,11H,3-4,7-10H2,1-2H3/b6-5+. The Labute approximate surface area is 101 Å². The molecule has 0 atom stereocenters. The minimum Gasteiger partial charge on any atom is -0.353 e. The van der Waals surface area contributed by atoms with Crippen LogP contribution < -0.4 is 0 Å². The summed E-state index contributed by atoms with van der Waals surface area (Å²) in [5.74, 6) is 0. The normalized spacial score (nSPS) is 11.7. The van der Waals surface area contributed by atoms with Gasteiger partial charge in [-0.15, -0.1) is 0 Å². The molecule has 0 fully saturated rings. The molecule has 0 aliphatic rings. The topological polar surface area (TPSA) is 18.5 Å². The van der Waals surface area contributed by atoms with Crippen LogP contribution in [0.15, 0.2) is 12.2 Å². The van der Waals surface area contributed by atoms with Crippen molar-refractivity contribution in [2.24, 2.45) is 0 Å². The molecule has 3 heteroatoms. The summed E-state index contributed by atoms with van der Waals surface area (Å²) < 4.78 is 12.1. The largest absolute Gasteiger partial charge is 0.353 e. The highest BCUT2D eigenvalue weighted by Crippen LogP contribution is 2.05. The Morgan fingerprint density at radius 1 is 1.07 bits per heavy atom. The number of rotatable bonds is 9. The quantitative estimate of drug-likeness (QED) is 0.281.